The molecular weight excluding hydrogens is 234 g/mol. The third-order valence-electron chi connectivity index (χ3n) is 2.44. The monoisotopic (exact) mass is 263 g/mol. The van der Waals surface area contributed by atoms with Gasteiger partial charge in [0.15, 0.2) is 0 Å². The van der Waals surface area contributed by atoms with Gasteiger partial charge < -0.3 is 16.4 Å². The summed E-state index contributed by atoms with van der Waals surface area (Å²) in [5, 5.41) is 8.47. The Morgan fingerprint density at radius 2 is 1.72 bits per heavy atom. The molecule has 0 heterocycles. The molecule has 0 amide bonds. The average Bonchev–Trinajstić information content (AvgIpc) is 2.39. The van der Waals surface area contributed by atoms with Gasteiger partial charge in [0, 0.05) is 13.1 Å². The molecule has 0 unspecified atom stereocenters. The third kappa shape index (κ3) is 12.2. The van der Waals surface area contributed by atoms with Gasteiger partial charge in [-0.05, 0) is 52.5 Å². The van der Waals surface area contributed by atoms with Crippen LogP contribution in [0.4, 0.5) is 0 Å². The van der Waals surface area contributed by atoms with E-state index in [9.17, 15) is 0 Å². The van der Waals surface area contributed by atoms with Crippen molar-refractivity contribution in [3.05, 3.63) is 0 Å². The van der Waals surface area contributed by atoms with Crippen molar-refractivity contribution < 1.29 is 9.88 Å². The zero-order valence-corrected chi connectivity index (χ0v) is 11.7. The van der Waals surface area contributed by atoms with Crippen LogP contribution in [-0.4, -0.2) is 58.4 Å². The van der Waals surface area contributed by atoms with Gasteiger partial charge in [0.1, 0.15) is 0 Å². The van der Waals surface area contributed by atoms with Crippen LogP contribution in [0.1, 0.15) is 19.3 Å². The molecule has 7 nitrogen and oxygen atoms in total. The normalized spacial score (nSPS) is 11.3. The van der Waals surface area contributed by atoms with Crippen molar-refractivity contribution in [3.8, 4) is 0 Å². The Morgan fingerprint density at radius 1 is 1.06 bits per heavy atom. The lowest BCUT2D eigenvalue weighted by Gasteiger charge is -2.21. The van der Waals surface area contributed by atoms with E-state index in [0.29, 0.717) is 0 Å². The highest BCUT2D eigenvalue weighted by Gasteiger charge is 2.03. The van der Waals surface area contributed by atoms with Gasteiger partial charge in [-0.25, -0.2) is 9.90 Å². The molecule has 7 heteroatoms. The van der Waals surface area contributed by atoms with E-state index >= 15 is 0 Å². The molecule has 0 saturated carbocycles. The topological polar surface area (TPSA) is 83.8 Å². The molecule has 0 aromatic rings. The van der Waals surface area contributed by atoms with Crippen molar-refractivity contribution in [1.29, 1.82) is 0 Å². The lowest BCUT2D eigenvalue weighted by Crippen LogP contribution is -2.41. The molecule has 0 rings (SSSR count). The van der Waals surface area contributed by atoms with Crippen LogP contribution in [0.5, 0.6) is 0 Å². The van der Waals surface area contributed by atoms with Gasteiger partial charge in [0.05, 0.1) is 7.11 Å². The second-order valence-corrected chi connectivity index (χ2v) is 4.03. The minimum atomic E-state index is 0.742. The standard InChI is InChI=1S/C11H29N5O2/c1-13-7-4-10-16(15-18-17-2)11-5-9-14-8-3-6-12/h13-15H,3-12H2,1-2H3. The third-order valence-corrected chi connectivity index (χ3v) is 2.44. The summed E-state index contributed by atoms with van der Waals surface area (Å²) in [6, 6.07) is 0. The Balaban J connectivity index is 3.51. The molecule has 18 heavy (non-hydrogen) atoms. The van der Waals surface area contributed by atoms with E-state index in [4.69, 9.17) is 10.7 Å². The molecule has 0 aliphatic carbocycles. The maximum absolute atomic E-state index is 5.42. The second-order valence-electron chi connectivity index (χ2n) is 4.03. The molecule has 0 atom stereocenters. The number of nitrogens with one attached hydrogen (secondary N) is 3. The maximum atomic E-state index is 5.42. The maximum Gasteiger partial charge on any atom is 0.0733 e. The Kier molecular flexibility index (Phi) is 14.5. The molecule has 5 N–H and O–H groups in total. The highest BCUT2D eigenvalue weighted by atomic mass is 17.3. The predicted molar refractivity (Wildman–Crippen MR) is 72.5 cm³/mol. The van der Waals surface area contributed by atoms with E-state index in [2.05, 4.69) is 21.1 Å². The second kappa shape index (κ2) is 14.8. The van der Waals surface area contributed by atoms with Gasteiger partial charge >= 0.3 is 0 Å². The molecular formula is C11H29N5O2. The van der Waals surface area contributed by atoms with Crippen LogP contribution in [0.3, 0.4) is 0 Å². The highest BCUT2D eigenvalue weighted by Crippen LogP contribution is 1.90. The van der Waals surface area contributed by atoms with Crippen molar-refractivity contribution >= 4 is 0 Å². The smallest absolute Gasteiger partial charge is 0.0733 e. The number of nitrogens with two attached hydrogens (primary N) is 1. The highest BCUT2D eigenvalue weighted by molar-refractivity contribution is 4.55. The van der Waals surface area contributed by atoms with Crippen molar-refractivity contribution in [3.63, 3.8) is 0 Å². The lowest BCUT2D eigenvalue weighted by molar-refractivity contribution is -0.353. The van der Waals surface area contributed by atoms with Crippen LogP contribution in [0.15, 0.2) is 0 Å². The molecule has 0 fully saturated rings. The quantitative estimate of drug-likeness (QED) is 0.186. The predicted octanol–water partition coefficient (Wildman–Crippen LogP) is -0.776. The first kappa shape index (κ1) is 17.7. The molecule has 0 aliphatic heterocycles. The first-order valence-electron chi connectivity index (χ1n) is 6.60. The average molecular weight is 263 g/mol. The van der Waals surface area contributed by atoms with Gasteiger partial charge in [-0.15, -0.1) is 10.6 Å². The number of rotatable bonds is 14. The summed E-state index contributed by atoms with van der Waals surface area (Å²) >= 11 is 0. The van der Waals surface area contributed by atoms with Gasteiger partial charge in [-0.2, -0.15) is 0 Å². The van der Waals surface area contributed by atoms with Gasteiger partial charge in [0.2, 0.25) is 0 Å². The van der Waals surface area contributed by atoms with Crippen molar-refractivity contribution in [1.82, 2.24) is 21.2 Å². The molecule has 0 spiro atoms. The van der Waals surface area contributed by atoms with Crippen LogP contribution < -0.4 is 22.0 Å². The fourth-order valence-corrected chi connectivity index (χ4v) is 1.49. The largest absolute Gasteiger partial charge is 0.330 e. The van der Waals surface area contributed by atoms with Crippen LogP contribution in [0.2, 0.25) is 0 Å². The number of hydrazine groups is 1. The Hall–Kier alpha value is -0.280. The molecule has 0 saturated heterocycles. The fourth-order valence-electron chi connectivity index (χ4n) is 1.49. The van der Waals surface area contributed by atoms with Crippen LogP contribution in [0.25, 0.3) is 0 Å². The molecule has 0 radical (unpaired) electrons. The van der Waals surface area contributed by atoms with Crippen LogP contribution in [-0.2, 0) is 9.88 Å². The lowest BCUT2D eigenvalue weighted by atomic mass is 10.3. The first-order chi connectivity index (χ1) is 8.85. The minimum absolute atomic E-state index is 0.742. The number of hydrogen-bond donors (Lipinski definition) is 4. The van der Waals surface area contributed by atoms with Crippen molar-refractivity contribution in [2.24, 2.45) is 5.73 Å². The van der Waals surface area contributed by atoms with Crippen molar-refractivity contribution in [2.75, 3.05) is 53.4 Å². The summed E-state index contributed by atoms with van der Waals surface area (Å²) in [6.07, 6.45) is 3.12. The SMILES string of the molecule is CNCCCN(CCCNCCCN)NOOC. The number of nitrogens with zero attached hydrogens (tertiary/aromatic N) is 1. The summed E-state index contributed by atoms with van der Waals surface area (Å²) in [6.45, 7) is 5.51. The Labute approximate surface area is 110 Å². The summed E-state index contributed by atoms with van der Waals surface area (Å²) in [5.74, 6) is 0. The zero-order valence-electron chi connectivity index (χ0n) is 11.7. The van der Waals surface area contributed by atoms with Gasteiger partial charge in [0.25, 0.3) is 0 Å². The number of hydrogen-bond acceptors (Lipinski definition) is 7. The summed E-state index contributed by atoms with van der Waals surface area (Å²) < 4.78 is 0. The minimum Gasteiger partial charge on any atom is -0.330 e. The van der Waals surface area contributed by atoms with Crippen molar-refractivity contribution in [2.45, 2.75) is 19.3 Å². The summed E-state index contributed by atoms with van der Waals surface area (Å²) in [4.78, 5) is 9.28. The van der Waals surface area contributed by atoms with E-state index < -0.39 is 0 Å². The molecule has 110 valence electrons. The van der Waals surface area contributed by atoms with Crippen LogP contribution in [0, 0.1) is 0 Å². The van der Waals surface area contributed by atoms with E-state index in [-0.39, 0.29) is 0 Å². The van der Waals surface area contributed by atoms with Gasteiger partial charge in [-0.1, -0.05) is 0 Å². The summed E-state index contributed by atoms with van der Waals surface area (Å²) in [7, 11) is 3.43. The first-order valence-corrected chi connectivity index (χ1v) is 6.60. The Bertz CT molecular complexity index is 162. The van der Waals surface area contributed by atoms with E-state index in [1.54, 1.807) is 0 Å². The zero-order chi connectivity index (χ0) is 13.5. The molecule has 0 aromatic heterocycles. The van der Waals surface area contributed by atoms with E-state index in [0.717, 1.165) is 58.5 Å². The van der Waals surface area contributed by atoms with Gasteiger partial charge in [-0.3, -0.25) is 0 Å². The Morgan fingerprint density at radius 3 is 2.33 bits per heavy atom. The molecule has 0 bridgehead atoms. The summed E-state index contributed by atoms with van der Waals surface area (Å²) in [5.41, 5.74) is 8.19. The molecule has 0 aromatic carbocycles. The van der Waals surface area contributed by atoms with E-state index in [1.165, 1.54) is 7.11 Å². The van der Waals surface area contributed by atoms with E-state index in [1.807, 2.05) is 12.1 Å². The van der Waals surface area contributed by atoms with Crippen LogP contribution >= 0.6 is 0 Å². The molecule has 0 aliphatic rings. The fraction of sp³-hybridized carbons (Fsp3) is 1.00.